The molecule has 0 fully saturated rings. The lowest BCUT2D eigenvalue weighted by molar-refractivity contribution is 0.350. The van der Waals surface area contributed by atoms with E-state index in [1.165, 1.54) is 4.88 Å². The number of nitrogens with one attached hydrogen (secondary N) is 1. The van der Waals surface area contributed by atoms with Crippen LogP contribution in [0.4, 0.5) is 0 Å². The van der Waals surface area contributed by atoms with Crippen LogP contribution in [0.25, 0.3) is 0 Å². The predicted molar refractivity (Wildman–Crippen MR) is 86.3 cm³/mol. The van der Waals surface area contributed by atoms with E-state index in [1.54, 1.807) is 25.6 Å². The molecular weight excluding hydrogens is 284 g/mol. The van der Waals surface area contributed by atoms with Crippen molar-refractivity contribution in [3.8, 4) is 11.5 Å². The maximum Gasteiger partial charge on any atom is 0.165 e. The average molecular weight is 306 g/mol. The fourth-order valence-corrected chi connectivity index (χ4v) is 3.01. The number of nitrogens with zero attached hydrogens (tertiary/aromatic N) is 1. The zero-order valence-electron chi connectivity index (χ0n) is 13.0. The lowest BCUT2D eigenvalue weighted by Gasteiger charge is -2.15. The molecule has 0 aliphatic heterocycles. The normalized spacial score (nSPS) is 12.2. The zero-order chi connectivity index (χ0) is 15.2. The van der Waals surface area contributed by atoms with Crippen LogP contribution in [0.1, 0.15) is 35.3 Å². The number of rotatable bonds is 7. The van der Waals surface area contributed by atoms with E-state index in [9.17, 15) is 0 Å². The smallest absolute Gasteiger partial charge is 0.165 e. The molecule has 0 saturated carbocycles. The van der Waals surface area contributed by atoms with Gasteiger partial charge in [-0.05, 0) is 19.4 Å². The van der Waals surface area contributed by atoms with Crippen LogP contribution in [0.3, 0.4) is 0 Å². The Morgan fingerprint density at radius 1 is 1.29 bits per heavy atom. The first-order valence-electron chi connectivity index (χ1n) is 7.07. The molecule has 4 nitrogen and oxygen atoms in total. The van der Waals surface area contributed by atoms with Crippen molar-refractivity contribution >= 4 is 11.3 Å². The van der Waals surface area contributed by atoms with Crippen molar-refractivity contribution in [2.24, 2.45) is 0 Å². The molecule has 0 aliphatic rings. The topological polar surface area (TPSA) is 43.4 Å². The summed E-state index contributed by atoms with van der Waals surface area (Å²) in [5, 5.41) is 4.61. The Morgan fingerprint density at radius 3 is 2.71 bits per heavy atom. The highest BCUT2D eigenvalue weighted by Crippen LogP contribution is 2.31. The third-order valence-electron chi connectivity index (χ3n) is 3.37. The number of hydrogen-bond donors (Lipinski definition) is 1. The number of aryl methyl sites for hydroxylation is 1. The summed E-state index contributed by atoms with van der Waals surface area (Å²) in [7, 11) is 3.32. The van der Waals surface area contributed by atoms with E-state index in [0.29, 0.717) is 6.54 Å². The first-order valence-corrected chi connectivity index (χ1v) is 7.89. The van der Waals surface area contributed by atoms with Gasteiger partial charge in [-0.2, -0.15) is 0 Å². The summed E-state index contributed by atoms with van der Waals surface area (Å²) in [6.45, 7) is 4.99. The molecule has 0 radical (unpaired) electrons. The molecule has 0 amide bonds. The van der Waals surface area contributed by atoms with Crippen molar-refractivity contribution in [3.05, 3.63) is 39.8 Å². The summed E-state index contributed by atoms with van der Waals surface area (Å²) in [5.41, 5.74) is 1.08. The SMILES string of the molecule is CCc1cnc(C(C)NCc2cccc(OC)c2OC)s1. The Balaban J connectivity index is 2.05. The van der Waals surface area contributed by atoms with Crippen molar-refractivity contribution in [2.45, 2.75) is 32.9 Å². The fourth-order valence-electron chi connectivity index (χ4n) is 2.13. The number of thiazole rings is 1. The monoisotopic (exact) mass is 306 g/mol. The summed E-state index contributed by atoms with van der Waals surface area (Å²) in [4.78, 5) is 5.79. The van der Waals surface area contributed by atoms with Gasteiger partial charge in [0.05, 0.1) is 20.3 Å². The van der Waals surface area contributed by atoms with Crippen molar-refractivity contribution in [1.29, 1.82) is 0 Å². The van der Waals surface area contributed by atoms with Crippen LogP contribution >= 0.6 is 11.3 Å². The minimum atomic E-state index is 0.214. The summed E-state index contributed by atoms with van der Waals surface area (Å²) in [6, 6.07) is 6.13. The number of aromatic nitrogens is 1. The van der Waals surface area contributed by atoms with Gasteiger partial charge in [0.25, 0.3) is 0 Å². The maximum absolute atomic E-state index is 5.45. The van der Waals surface area contributed by atoms with Crippen LogP contribution < -0.4 is 14.8 Å². The van der Waals surface area contributed by atoms with E-state index in [2.05, 4.69) is 24.1 Å². The zero-order valence-corrected chi connectivity index (χ0v) is 13.8. The van der Waals surface area contributed by atoms with Crippen LogP contribution in [-0.2, 0) is 13.0 Å². The first-order chi connectivity index (χ1) is 10.2. The van der Waals surface area contributed by atoms with E-state index in [4.69, 9.17) is 9.47 Å². The highest BCUT2D eigenvalue weighted by Gasteiger charge is 2.13. The molecule has 1 atom stereocenters. The van der Waals surface area contributed by atoms with Crippen LogP contribution in [0, 0.1) is 0 Å². The molecular formula is C16H22N2O2S. The van der Waals surface area contributed by atoms with E-state index >= 15 is 0 Å². The molecule has 1 unspecified atom stereocenters. The molecule has 0 aliphatic carbocycles. The molecule has 1 heterocycles. The molecule has 1 aromatic carbocycles. The summed E-state index contributed by atoms with van der Waals surface area (Å²) < 4.78 is 10.8. The molecule has 2 aromatic rings. The Kier molecular flexibility index (Phi) is 5.59. The molecule has 2 rings (SSSR count). The van der Waals surface area contributed by atoms with E-state index in [-0.39, 0.29) is 6.04 Å². The second-order valence-corrected chi connectivity index (χ2v) is 5.92. The van der Waals surface area contributed by atoms with Crippen molar-refractivity contribution < 1.29 is 9.47 Å². The Labute approximate surface area is 130 Å². The highest BCUT2D eigenvalue weighted by molar-refractivity contribution is 7.11. The Morgan fingerprint density at radius 2 is 2.10 bits per heavy atom. The second-order valence-electron chi connectivity index (χ2n) is 4.77. The summed E-state index contributed by atoms with van der Waals surface area (Å²) >= 11 is 1.76. The van der Waals surface area contributed by atoms with Gasteiger partial charge < -0.3 is 14.8 Å². The predicted octanol–water partition coefficient (Wildman–Crippen LogP) is 3.57. The van der Waals surface area contributed by atoms with E-state index in [1.807, 2.05) is 24.4 Å². The highest BCUT2D eigenvalue weighted by atomic mass is 32.1. The fraction of sp³-hybridized carbons (Fsp3) is 0.438. The molecule has 5 heteroatoms. The molecule has 21 heavy (non-hydrogen) atoms. The van der Waals surface area contributed by atoms with Crippen molar-refractivity contribution in [3.63, 3.8) is 0 Å². The minimum absolute atomic E-state index is 0.214. The number of benzene rings is 1. The van der Waals surface area contributed by atoms with Gasteiger partial charge >= 0.3 is 0 Å². The molecule has 0 saturated heterocycles. The first kappa shape index (κ1) is 15.8. The standard InChI is InChI=1S/C16H22N2O2S/c1-5-13-10-18-16(21-13)11(2)17-9-12-7-6-8-14(19-3)15(12)20-4/h6-8,10-11,17H,5,9H2,1-4H3. The van der Waals surface area contributed by atoms with Crippen LogP contribution in [0.5, 0.6) is 11.5 Å². The quantitative estimate of drug-likeness (QED) is 0.849. The second kappa shape index (κ2) is 7.43. The van der Waals surface area contributed by atoms with Gasteiger partial charge in [-0.3, -0.25) is 0 Å². The molecule has 1 N–H and O–H groups in total. The third-order valence-corrected chi connectivity index (χ3v) is 4.70. The number of para-hydroxylation sites is 1. The van der Waals surface area contributed by atoms with Crippen molar-refractivity contribution in [2.75, 3.05) is 14.2 Å². The Hall–Kier alpha value is -1.59. The van der Waals surface area contributed by atoms with Gasteiger partial charge in [-0.1, -0.05) is 19.1 Å². The average Bonchev–Trinajstić information content (AvgIpc) is 3.01. The van der Waals surface area contributed by atoms with E-state index < -0.39 is 0 Å². The summed E-state index contributed by atoms with van der Waals surface area (Å²) in [5.74, 6) is 1.54. The maximum atomic E-state index is 5.45. The molecule has 0 spiro atoms. The van der Waals surface area contributed by atoms with Gasteiger partial charge in [0, 0.05) is 23.2 Å². The van der Waals surface area contributed by atoms with Gasteiger partial charge in [-0.25, -0.2) is 4.98 Å². The lowest BCUT2D eigenvalue weighted by atomic mass is 10.1. The van der Waals surface area contributed by atoms with E-state index in [0.717, 1.165) is 28.5 Å². The van der Waals surface area contributed by atoms with Crippen LogP contribution in [-0.4, -0.2) is 19.2 Å². The van der Waals surface area contributed by atoms with Gasteiger partial charge in [0.2, 0.25) is 0 Å². The molecule has 114 valence electrons. The van der Waals surface area contributed by atoms with Gasteiger partial charge in [-0.15, -0.1) is 11.3 Å². The third kappa shape index (κ3) is 3.74. The number of ether oxygens (including phenoxy) is 2. The molecule has 1 aromatic heterocycles. The van der Waals surface area contributed by atoms with Gasteiger partial charge in [0.1, 0.15) is 5.01 Å². The van der Waals surface area contributed by atoms with Crippen molar-refractivity contribution in [1.82, 2.24) is 10.3 Å². The number of methoxy groups -OCH3 is 2. The van der Waals surface area contributed by atoms with Gasteiger partial charge in [0.15, 0.2) is 11.5 Å². The minimum Gasteiger partial charge on any atom is -0.493 e. The van der Waals surface area contributed by atoms with Crippen LogP contribution in [0.15, 0.2) is 24.4 Å². The summed E-state index contributed by atoms with van der Waals surface area (Å²) in [6.07, 6.45) is 3.00. The Bertz CT molecular complexity index is 583. The lowest BCUT2D eigenvalue weighted by Crippen LogP contribution is -2.18. The van der Waals surface area contributed by atoms with Crippen LogP contribution in [0.2, 0.25) is 0 Å². The molecule has 0 bridgehead atoms. The largest absolute Gasteiger partial charge is 0.493 e. The number of hydrogen-bond acceptors (Lipinski definition) is 5.